The number of carbonyl (C=O) groups excluding carboxylic acids is 2. The third-order valence-corrected chi connectivity index (χ3v) is 7.75. The molecule has 0 radical (unpaired) electrons. The van der Waals surface area contributed by atoms with E-state index in [2.05, 4.69) is 76.2 Å². The van der Waals surface area contributed by atoms with Gasteiger partial charge in [-0.2, -0.15) is 0 Å². The Bertz CT molecular complexity index is 1410. The Morgan fingerprint density at radius 2 is 1.40 bits per heavy atom. The molecule has 0 atom stereocenters. The van der Waals surface area contributed by atoms with Crippen LogP contribution in [0.25, 0.3) is 0 Å². The van der Waals surface area contributed by atoms with Crippen molar-refractivity contribution < 1.29 is 14.3 Å². The van der Waals surface area contributed by atoms with E-state index < -0.39 is 6.09 Å². The summed E-state index contributed by atoms with van der Waals surface area (Å²) >= 11 is 0. The van der Waals surface area contributed by atoms with Crippen molar-refractivity contribution >= 4 is 23.4 Å². The monoisotopic (exact) mass is 562 g/mol. The molecular formula is C35H38N4O3. The Labute approximate surface area is 248 Å². The van der Waals surface area contributed by atoms with E-state index in [-0.39, 0.29) is 11.9 Å². The van der Waals surface area contributed by atoms with Crippen molar-refractivity contribution in [1.82, 2.24) is 10.2 Å². The zero-order chi connectivity index (χ0) is 29.3. The summed E-state index contributed by atoms with van der Waals surface area (Å²) in [5, 5.41) is 5.88. The summed E-state index contributed by atoms with van der Waals surface area (Å²) < 4.78 is 5.38. The number of nitrogens with one attached hydrogen (secondary N) is 2. The van der Waals surface area contributed by atoms with E-state index in [9.17, 15) is 9.59 Å². The van der Waals surface area contributed by atoms with Crippen LogP contribution in [0.15, 0.2) is 109 Å². The quantitative estimate of drug-likeness (QED) is 0.241. The minimum atomic E-state index is -0.647. The number of hydrogen-bond acceptors (Lipinski definition) is 5. The molecule has 0 aliphatic carbocycles. The zero-order valence-corrected chi connectivity index (χ0v) is 24.2. The highest BCUT2D eigenvalue weighted by Crippen LogP contribution is 2.32. The standard InChI is InChI=1S/C35H38N4O3/c1-38(2)29-18-19-32(37-35(41)42-30-16-10-5-11-17-30)31(24-29)34(40)36-25-26-20-22-39(23-21-26)33(27-12-6-3-7-13-27)28-14-8-4-9-15-28/h3-19,24,26,33H,20-23,25H2,1-2H3,(H,36,40)(H,37,41). The van der Waals surface area contributed by atoms with Crippen molar-refractivity contribution in [3.63, 3.8) is 0 Å². The van der Waals surface area contributed by atoms with Crippen LogP contribution in [0.2, 0.25) is 0 Å². The molecule has 0 spiro atoms. The van der Waals surface area contributed by atoms with Crippen molar-refractivity contribution in [2.75, 3.05) is 43.9 Å². The summed E-state index contributed by atoms with van der Waals surface area (Å²) in [6.45, 7) is 2.47. The van der Waals surface area contributed by atoms with E-state index in [0.29, 0.717) is 29.5 Å². The summed E-state index contributed by atoms with van der Waals surface area (Å²) in [4.78, 5) is 30.5. The first-order valence-corrected chi connectivity index (χ1v) is 14.5. The topological polar surface area (TPSA) is 73.9 Å². The van der Waals surface area contributed by atoms with Gasteiger partial charge in [-0.25, -0.2) is 4.79 Å². The molecule has 7 nitrogen and oxygen atoms in total. The Morgan fingerprint density at radius 3 is 1.98 bits per heavy atom. The molecule has 1 fully saturated rings. The highest BCUT2D eigenvalue weighted by molar-refractivity contribution is 6.03. The summed E-state index contributed by atoms with van der Waals surface area (Å²) in [5.74, 6) is 0.579. The maximum absolute atomic E-state index is 13.4. The molecule has 4 aromatic rings. The molecule has 42 heavy (non-hydrogen) atoms. The van der Waals surface area contributed by atoms with Crippen LogP contribution in [0.1, 0.15) is 40.4 Å². The molecule has 0 saturated carbocycles. The van der Waals surface area contributed by atoms with Crippen LogP contribution in [0.4, 0.5) is 16.2 Å². The third kappa shape index (κ3) is 7.36. The van der Waals surface area contributed by atoms with E-state index in [4.69, 9.17) is 4.74 Å². The maximum atomic E-state index is 13.4. The lowest BCUT2D eigenvalue weighted by molar-refractivity contribution is 0.0931. The summed E-state index contributed by atoms with van der Waals surface area (Å²) in [7, 11) is 3.83. The first kappa shape index (κ1) is 28.9. The number of anilines is 2. The fourth-order valence-corrected chi connectivity index (χ4v) is 5.47. The SMILES string of the molecule is CN(C)c1ccc(NC(=O)Oc2ccccc2)c(C(=O)NCC2CCN(C(c3ccccc3)c3ccccc3)CC2)c1. The molecular weight excluding hydrogens is 524 g/mol. The van der Waals surface area contributed by atoms with E-state index in [1.165, 1.54) is 11.1 Å². The molecule has 2 N–H and O–H groups in total. The van der Waals surface area contributed by atoms with Crippen molar-refractivity contribution in [2.24, 2.45) is 5.92 Å². The second-order valence-electron chi connectivity index (χ2n) is 10.9. The second kappa shape index (κ2) is 13.8. The average molecular weight is 563 g/mol. The number of benzene rings is 4. The predicted octanol–water partition coefficient (Wildman–Crippen LogP) is 6.59. The highest BCUT2D eigenvalue weighted by atomic mass is 16.6. The van der Waals surface area contributed by atoms with Gasteiger partial charge in [0.2, 0.25) is 0 Å². The van der Waals surface area contributed by atoms with Gasteiger partial charge in [0.25, 0.3) is 5.91 Å². The molecule has 1 heterocycles. The van der Waals surface area contributed by atoms with Crippen molar-refractivity contribution in [1.29, 1.82) is 0 Å². The number of nitrogens with zero attached hydrogens (tertiary/aromatic N) is 2. The number of hydrogen-bond donors (Lipinski definition) is 2. The molecule has 216 valence electrons. The molecule has 7 heteroatoms. The Balaban J connectivity index is 1.22. The third-order valence-electron chi connectivity index (χ3n) is 7.75. The van der Waals surface area contributed by atoms with Crippen LogP contribution in [0.5, 0.6) is 5.75 Å². The first-order chi connectivity index (χ1) is 20.5. The minimum absolute atomic E-state index is 0.209. The second-order valence-corrected chi connectivity index (χ2v) is 10.9. The molecule has 0 aromatic heterocycles. The van der Waals surface area contributed by atoms with Gasteiger partial charge >= 0.3 is 6.09 Å². The predicted molar refractivity (Wildman–Crippen MR) is 168 cm³/mol. The zero-order valence-electron chi connectivity index (χ0n) is 24.2. The lowest BCUT2D eigenvalue weighted by Gasteiger charge is -2.38. The van der Waals surface area contributed by atoms with Gasteiger partial charge < -0.3 is 15.0 Å². The van der Waals surface area contributed by atoms with E-state index in [0.717, 1.165) is 31.6 Å². The highest BCUT2D eigenvalue weighted by Gasteiger charge is 2.28. The van der Waals surface area contributed by atoms with Crippen molar-refractivity contribution in [2.45, 2.75) is 18.9 Å². The number of amides is 2. The first-order valence-electron chi connectivity index (χ1n) is 14.5. The van der Waals surface area contributed by atoms with Crippen LogP contribution in [0, 0.1) is 5.92 Å². The van der Waals surface area contributed by atoms with Gasteiger partial charge in [0, 0.05) is 26.3 Å². The number of piperidine rings is 1. The fourth-order valence-electron chi connectivity index (χ4n) is 5.47. The van der Waals surface area contributed by atoms with E-state index >= 15 is 0 Å². The van der Waals surface area contributed by atoms with Gasteiger partial charge in [-0.05, 0) is 73.3 Å². The average Bonchev–Trinajstić information content (AvgIpc) is 3.02. The van der Waals surface area contributed by atoms with Gasteiger partial charge in [-0.1, -0.05) is 78.9 Å². The lowest BCUT2D eigenvalue weighted by atomic mass is 9.91. The molecule has 1 saturated heterocycles. The normalized spacial score (nSPS) is 13.9. The smallest absolute Gasteiger partial charge is 0.410 e. The molecule has 1 aliphatic rings. The molecule has 5 rings (SSSR count). The van der Waals surface area contributed by atoms with E-state index in [1.54, 1.807) is 36.4 Å². The van der Waals surface area contributed by atoms with Gasteiger partial charge in [-0.15, -0.1) is 0 Å². The number of ether oxygens (including phenoxy) is 1. The largest absolute Gasteiger partial charge is 0.417 e. The Morgan fingerprint density at radius 1 is 0.833 bits per heavy atom. The van der Waals surface area contributed by atoms with Crippen LogP contribution in [-0.2, 0) is 0 Å². The fraction of sp³-hybridized carbons (Fsp3) is 0.257. The molecule has 2 amide bonds. The van der Waals surface area contributed by atoms with Crippen molar-refractivity contribution in [3.05, 3.63) is 126 Å². The number of carbonyl (C=O) groups is 2. The van der Waals surface area contributed by atoms with Gasteiger partial charge in [0.05, 0.1) is 17.3 Å². The molecule has 1 aliphatic heterocycles. The van der Waals surface area contributed by atoms with Crippen molar-refractivity contribution in [3.8, 4) is 5.75 Å². The van der Waals surface area contributed by atoms with Crippen LogP contribution in [0.3, 0.4) is 0 Å². The van der Waals surface area contributed by atoms with E-state index in [1.807, 2.05) is 31.1 Å². The molecule has 4 aromatic carbocycles. The number of rotatable bonds is 9. The van der Waals surface area contributed by atoms with Gasteiger partial charge in [0.1, 0.15) is 5.75 Å². The Kier molecular flexibility index (Phi) is 9.51. The van der Waals surface area contributed by atoms with Gasteiger partial charge in [0.15, 0.2) is 0 Å². The van der Waals surface area contributed by atoms with Crippen LogP contribution >= 0.6 is 0 Å². The summed E-state index contributed by atoms with van der Waals surface area (Å²) in [6, 6.07) is 35.8. The van der Waals surface area contributed by atoms with Gasteiger partial charge in [-0.3, -0.25) is 15.0 Å². The van der Waals surface area contributed by atoms with Crippen LogP contribution in [-0.4, -0.2) is 50.6 Å². The number of para-hydroxylation sites is 1. The molecule has 0 unspecified atom stereocenters. The molecule has 0 bridgehead atoms. The summed E-state index contributed by atoms with van der Waals surface area (Å²) in [5.41, 5.74) is 4.26. The lowest BCUT2D eigenvalue weighted by Crippen LogP contribution is -2.40. The maximum Gasteiger partial charge on any atom is 0.417 e. The number of likely N-dealkylation sites (tertiary alicyclic amines) is 1. The minimum Gasteiger partial charge on any atom is -0.410 e. The summed E-state index contributed by atoms with van der Waals surface area (Å²) in [6.07, 6.45) is 1.33. The van der Waals surface area contributed by atoms with Crippen LogP contribution < -0.4 is 20.3 Å². The Hall–Kier alpha value is -4.62.